The van der Waals surface area contributed by atoms with Gasteiger partial charge in [0.15, 0.2) is 5.76 Å². The molecule has 4 aromatic rings. The molecular weight excluding hydrogens is 392 g/mol. The second-order valence-electron chi connectivity index (χ2n) is 7.15. The summed E-state index contributed by atoms with van der Waals surface area (Å²) in [5, 5.41) is 20.5. The number of allylic oxidation sites excluding steroid dienone is 1. The van der Waals surface area contributed by atoms with Crippen LogP contribution in [0.25, 0.3) is 17.1 Å². The molecule has 5 rings (SSSR count). The van der Waals surface area contributed by atoms with Gasteiger partial charge in [-0.15, -0.1) is 0 Å². The van der Waals surface area contributed by atoms with Gasteiger partial charge in [-0.1, -0.05) is 30.0 Å². The molecule has 0 spiro atoms. The van der Waals surface area contributed by atoms with Gasteiger partial charge in [0, 0.05) is 53.7 Å². The average Bonchev–Trinajstić information content (AvgIpc) is 3.24. The van der Waals surface area contributed by atoms with E-state index in [1.165, 1.54) is 6.07 Å². The van der Waals surface area contributed by atoms with Gasteiger partial charge in [0.2, 0.25) is 5.78 Å². The van der Waals surface area contributed by atoms with Crippen molar-refractivity contribution in [1.82, 2.24) is 9.55 Å². The van der Waals surface area contributed by atoms with E-state index in [1.54, 1.807) is 12.3 Å². The number of nitrogens with zero attached hydrogens (tertiary/aromatic N) is 2. The molecule has 2 N–H and O–H groups in total. The second-order valence-corrected chi connectivity index (χ2v) is 7.15. The molecule has 0 radical (unpaired) electrons. The van der Waals surface area contributed by atoms with Crippen molar-refractivity contribution in [2.75, 3.05) is 0 Å². The number of aryl methyl sites for hydroxylation is 1. The minimum absolute atomic E-state index is 0.0338. The summed E-state index contributed by atoms with van der Waals surface area (Å²) in [6, 6.07) is 13.9. The van der Waals surface area contributed by atoms with Crippen LogP contribution in [0.15, 0.2) is 66.7 Å². The Bertz CT molecular complexity index is 1450. The van der Waals surface area contributed by atoms with Crippen LogP contribution in [0, 0.1) is 11.8 Å². The van der Waals surface area contributed by atoms with Crippen LogP contribution in [-0.2, 0) is 7.05 Å². The van der Waals surface area contributed by atoms with Gasteiger partial charge in [-0.2, -0.15) is 0 Å². The lowest BCUT2D eigenvalue weighted by Crippen LogP contribution is -1.98. The van der Waals surface area contributed by atoms with Gasteiger partial charge in [0.05, 0.1) is 0 Å². The quantitative estimate of drug-likeness (QED) is 0.367. The van der Waals surface area contributed by atoms with Crippen LogP contribution in [0.2, 0.25) is 0 Å². The molecule has 2 aromatic heterocycles. The fraction of sp³-hybridized carbons (Fsp3) is 0.0400. The van der Waals surface area contributed by atoms with E-state index < -0.39 is 5.78 Å². The van der Waals surface area contributed by atoms with Crippen molar-refractivity contribution in [2.24, 2.45) is 7.05 Å². The summed E-state index contributed by atoms with van der Waals surface area (Å²) in [6.07, 6.45) is 5.15. The number of Topliss-reactive ketones (excluding diaryl/α,β-unsaturated/α-hetero) is 1. The first-order chi connectivity index (χ1) is 15.0. The second kappa shape index (κ2) is 7.08. The molecule has 0 saturated heterocycles. The zero-order chi connectivity index (χ0) is 21.5. The third-order valence-electron chi connectivity index (χ3n) is 5.03. The van der Waals surface area contributed by atoms with E-state index >= 15 is 0 Å². The number of hydrogen-bond acceptors (Lipinski definition) is 5. The lowest BCUT2D eigenvalue weighted by Gasteiger charge is -2.00. The van der Waals surface area contributed by atoms with E-state index in [2.05, 4.69) is 16.8 Å². The van der Waals surface area contributed by atoms with Crippen molar-refractivity contribution >= 4 is 22.9 Å². The molecule has 31 heavy (non-hydrogen) atoms. The molecule has 1 aliphatic rings. The Hall–Kier alpha value is -4.50. The molecule has 0 aliphatic carbocycles. The van der Waals surface area contributed by atoms with Crippen LogP contribution in [0.5, 0.6) is 17.2 Å². The summed E-state index contributed by atoms with van der Waals surface area (Å²) in [7, 11) is 1.86. The number of ketones is 1. The maximum atomic E-state index is 12.8. The largest absolute Gasteiger partial charge is 0.508 e. The summed E-state index contributed by atoms with van der Waals surface area (Å²) in [4.78, 5) is 17.2. The molecule has 0 saturated carbocycles. The highest BCUT2D eigenvalue weighted by Crippen LogP contribution is 2.41. The fourth-order valence-corrected chi connectivity index (χ4v) is 3.63. The molecule has 1 aliphatic heterocycles. The van der Waals surface area contributed by atoms with Crippen molar-refractivity contribution in [3.8, 4) is 29.1 Å². The fourth-order valence-electron chi connectivity index (χ4n) is 3.63. The van der Waals surface area contributed by atoms with Crippen LogP contribution >= 0.6 is 0 Å². The number of pyridine rings is 1. The summed E-state index contributed by atoms with van der Waals surface area (Å²) in [5.41, 5.74) is 3.12. The standard InChI is InChI=1S/C25H16N2O4/c1-27-14-17(11-21-24(30)23-19(29)12-18(28)13-20(23)31-21)22-16(9-10-26-25(22)27)8-7-15-5-3-2-4-6-15/h2-6,9-14,28-29H,1H3/b21-11-. The number of aromatic nitrogens is 2. The normalized spacial score (nSPS) is 13.7. The van der Waals surface area contributed by atoms with Crippen LogP contribution < -0.4 is 4.74 Å². The molecule has 0 unspecified atom stereocenters. The van der Waals surface area contributed by atoms with Gasteiger partial charge in [-0.25, -0.2) is 4.98 Å². The monoisotopic (exact) mass is 408 g/mol. The topological polar surface area (TPSA) is 84.6 Å². The Morgan fingerprint density at radius 2 is 1.90 bits per heavy atom. The van der Waals surface area contributed by atoms with Gasteiger partial charge < -0.3 is 19.5 Å². The number of ether oxygens (including phenoxy) is 1. The summed E-state index contributed by atoms with van der Waals surface area (Å²) in [6.45, 7) is 0. The van der Waals surface area contributed by atoms with Gasteiger partial charge in [-0.05, 0) is 24.3 Å². The van der Waals surface area contributed by atoms with Crippen molar-refractivity contribution in [1.29, 1.82) is 0 Å². The predicted molar refractivity (Wildman–Crippen MR) is 116 cm³/mol. The number of aromatic hydroxyl groups is 2. The number of hydrogen-bond donors (Lipinski definition) is 2. The molecule has 0 fully saturated rings. The number of carbonyl (C=O) groups is 1. The van der Waals surface area contributed by atoms with E-state index in [9.17, 15) is 15.0 Å². The Kier molecular flexibility index (Phi) is 4.23. The number of phenolic OH excluding ortho intramolecular Hbond substituents is 2. The Morgan fingerprint density at radius 3 is 2.71 bits per heavy atom. The maximum Gasteiger partial charge on any atom is 0.235 e. The number of phenols is 2. The van der Waals surface area contributed by atoms with Crippen molar-refractivity contribution in [3.63, 3.8) is 0 Å². The van der Waals surface area contributed by atoms with E-state index in [4.69, 9.17) is 4.74 Å². The summed E-state index contributed by atoms with van der Waals surface area (Å²) >= 11 is 0. The number of rotatable bonds is 1. The van der Waals surface area contributed by atoms with E-state index in [0.717, 1.165) is 28.2 Å². The first-order valence-electron chi connectivity index (χ1n) is 9.52. The third-order valence-corrected chi connectivity index (χ3v) is 5.03. The maximum absolute atomic E-state index is 12.8. The van der Waals surface area contributed by atoms with Crippen molar-refractivity contribution in [3.05, 3.63) is 88.9 Å². The van der Waals surface area contributed by atoms with Crippen molar-refractivity contribution < 1.29 is 19.7 Å². The highest BCUT2D eigenvalue weighted by Gasteiger charge is 2.31. The SMILES string of the molecule is Cn1cc(/C=C2\Oc3cc(O)cc(O)c3C2=O)c2c(C#Cc3ccccc3)ccnc21. The van der Waals surface area contributed by atoms with E-state index in [0.29, 0.717) is 5.56 Å². The molecule has 3 heterocycles. The molecule has 6 heteroatoms. The smallest absolute Gasteiger partial charge is 0.235 e. The molecule has 0 amide bonds. The van der Waals surface area contributed by atoms with Crippen LogP contribution in [-0.4, -0.2) is 25.5 Å². The van der Waals surface area contributed by atoms with Crippen molar-refractivity contribution in [2.45, 2.75) is 0 Å². The Labute approximate surface area is 177 Å². The van der Waals surface area contributed by atoms with Gasteiger partial charge in [-0.3, -0.25) is 4.79 Å². The minimum Gasteiger partial charge on any atom is -0.508 e. The first kappa shape index (κ1) is 18.5. The molecule has 150 valence electrons. The number of benzene rings is 2. The van der Waals surface area contributed by atoms with Crippen LogP contribution in [0.4, 0.5) is 0 Å². The van der Waals surface area contributed by atoms with Crippen LogP contribution in [0.3, 0.4) is 0 Å². The van der Waals surface area contributed by atoms with Gasteiger partial charge in [0.25, 0.3) is 0 Å². The Morgan fingerprint density at radius 1 is 1.10 bits per heavy atom. The number of carbonyl (C=O) groups excluding carboxylic acids is 1. The summed E-state index contributed by atoms with van der Waals surface area (Å²) in [5.74, 6) is 5.56. The van der Waals surface area contributed by atoms with Gasteiger partial charge >= 0.3 is 0 Å². The highest BCUT2D eigenvalue weighted by molar-refractivity contribution is 6.16. The lowest BCUT2D eigenvalue weighted by atomic mass is 10.1. The minimum atomic E-state index is -0.453. The zero-order valence-corrected chi connectivity index (χ0v) is 16.5. The number of fused-ring (bicyclic) bond motifs is 2. The summed E-state index contributed by atoms with van der Waals surface area (Å²) < 4.78 is 7.49. The van der Waals surface area contributed by atoms with Gasteiger partial charge in [0.1, 0.15) is 28.5 Å². The van der Waals surface area contributed by atoms with Crippen LogP contribution in [0.1, 0.15) is 27.0 Å². The predicted octanol–water partition coefficient (Wildman–Crippen LogP) is 4.00. The first-order valence-corrected chi connectivity index (χ1v) is 9.52. The lowest BCUT2D eigenvalue weighted by molar-refractivity contribution is 0.101. The molecule has 6 nitrogen and oxygen atoms in total. The molecular formula is C25H16N2O4. The molecule has 0 bridgehead atoms. The van der Waals surface area contributed by atoms with E-state index in [-0.39, 0.29) is 28.6 Å². The van der Waals surface area contributed by atoms with E-state index in [1.807, 2.05) is 54.2 Å². The Balaban J connectivity index is 1.63. The third kappa shape index (κ3) is 3.18. The average molecular weight is 408 g/mol. The zero-order valence-electron chi connectivity index (χ0n) is 16.5. The molecule has 0 atom stereocenters. The highest BCUT2D eigenvalue weighted by atomic mass is 16.5. The molecule has 2 aromatic carbocycles.